The summed E-state index contributed by atoms with van der Waals surface area (Å²) in [6.45, 7) is 0. The van der Waals surface area contributed by atoms with Crippen molar-refractivity contribution >= 4 is 39.2 Å². The summed E-state index contributed by atoms with van der Waals surface area (Å²) >= 11 is 3.47. The fourth-order valence-corrected chi connectivity index (χ4v) is 5.56. The zero-order chi connectivity index (χ0) is 21.2. The molecule has 3 N–H and O–H groups in total. The smallest absolute Gasteiger partial charge is 0.407 e. The van der Waals surface area contributed by atoms with Gasteiger partial charge in [0.15, 0.2) is 11.6 Å². The summed E-state index contributed by atoms with van der Waals surface area (Å²) in [5.41, 5.74) is 1.37. The molecule has 162 valence electrons. The van der Waals surface area contributed by atoms with Crippen LogP contribution in [0.15, 0.2) is 29.1 Å². The van der Waals surface area contributed by atoms with E-state index in [0.717, 1.165) is 35.2 Å². The quantitative estimate of drug-likeness (QED) is 0.502. The summed E-state index contributed by atoms with van der Waals surface area (Å²) in [5, 5.41) is 17.5. The third-order valence-corrected chi connectivity index (χ3v) is 7.38. The molecule has 2 bridgehead atoms. The van der Waals surface area contributed by atoms with E-state index in [-0.39, 0.29) is 5.54 Å². The van der Waals surface area contributed by atoms with E-state index in [4.69, 9.17) is 4.74 Å². The summed E-state index contributed by atoms with van der Waals surface area (Å²) in [7, 11) is 0. The molecule has 0 unspecified atom stereocenters. The van der Waals surface area contributed by atoms with E-state index in [0.29, 0.717) is 30.2 Å². The lowest BCUT2D eigenvalue weighted by atomic mass is 9.50. The Morgan fingerprint density at radius 1 is 1.35 bits per heavy atom. The van der Waals surface area contributed by atoms with Crippen molar-refractivity contribution in [3.8, 4) is 0 Å². The van der Waals surface area contributed by atoms with Crippen molar-refractivity contribution in [1.82, 2.24) is 30.1 Å². The molecule has 4 aliphatic rings. The first-order valence-electron chi connectivity index (χ1n) is 10.4. The lowest BCUT2D eigenvalue weighted by Crippen LogP contribution is -2.68. The highest BCUT2D eigenvalue weighted by molar-refractivity contribution is 9.10. The molecule has 4 aliphatic carbocycles. The molecule has 0 aliphatic heterocycles. The second-order valence-corrected chi connectivity index (χ2v) is 9.71. The maximum absolute atomic E-state index is 15.1. The van der Waals surface area contributed by atoms with Gasteiger partial charge in [-0.2, -0.15) is 10.2 Å². The minimum Gasteiger partial charge on any atom is -0.443 e. The monoisotopic (exact) mass is 489 g/mol. The van der Waals surface area contributed by atoms with Gasteiger partial charge in [0.2, 0.25) is 0 Å². The van der Waals surface area contributed by atoms with E-state index in [1.165, 1.54) is 0 Å². The molecule has 1 amide bonds. The number of H-pyrrole nitrogens is 1. The molecule has 7 rings (SSSR count). The van der Waals surface area contributed by atoms with E-state index < -0.39 is 24.3 Å². The molecule has 4 saturated carbocycles. The summed E-state index contributed by atoms with van der Waals surface area (Å²) in [6, 6.07) is 1.77. The maximum atomic E-state index is 15.1. The number of anilines is 2. The molecule has 0 radical (unpaired) electrons. The average Bonchev–Trinajstić information content (AvgIpc) is 3.39. The van der Waals surface area contributed by atoms with Crippen molar-refractivity contribution < 1.29 is 13.9 Å². The van der Waals surface area contributed by atoms with Gasteiger partial charge in [0.25, 0.3) is 0 Å². The van der Waals surface area contributed by atoms with Crippen LogP contribution in [0.5, 0.6) is 0 Å². The predicted molar refractivity (Wildman–Crippen MR) is 113 cm³/mol. The summed E-state index contributed by atoms with van der Waals surface area (Å²) in [5.74, 6) is 1.47. The van der Waals surface area contributed by atoms with Gasteiger partial charge in [0.1, 0.15) is 17.8 Å². The first-order chi connectivity index (χ1) is 15.0. The zero-order valence-electron chi connectivity index (χ0n) is 16.5. The van der Waals surface area contributed by atoms with Gasteiger partial charge in [-0.25, -0.2) is 18.7 Å². The fourth-order valence-electron chi connectivity index (χ4n) is 5.10. The maximum Gasteiger partial charge on any atom is 0.407 e. The first kappa shape index (κ1) is 19.0. The molecule has 11 heteroatoms. The molecular formula is C20H21BrFN7O2. The van der Waals surface area contributed by atoms with Gasteiger partial charge in [0, 0.05) is 35.6 Å². The first-order valence-corrected chi connectivity index (χ1v) is 11.2. The van der Waals surface area contributed by atoms with E-state index >= 15 is 4.39 Å². The van der Waals surface area contributed by atoms with Crippen LogP contribution in [0.3, 0.4) is 0 Å². The molecule has 3 heterocycles. The van der Waals surface area contributed by atoms with Crippen LogP contribution < -0.4 is 10.6 Å². The van der Waals surface area contributed by atoms with Crippen molar-refractivity contribution in [3.63, 3.8) is 0 Å². The molecule has 3 aromatic heterocycles. The topological polar surface area (TPSA) is 109 Å². The molecule has 3 atom stereocenters. The highest BCUT2D eigenvalue weighted by atomic mass is 79.9. The van der Waals surface area contributed by atoms with Gasteiger partial charge >= 0.3 is 6.09 Å². The third kappa shape index (κ3) is 3.17. The number of rotatable bonds is 5. The number of ether oxygens (including phenoxy) is 1. The Hall–Kier alpha value is -2.69. The largest absolute Gasteiger partial charge is 0.443 e. The number of aromatic amines is 1. The second-order valence-electron chi connectivity index (χ2n) is 8.85. The molecule has 0 saturated heterocycles. The Morgan fingerprint density at radius 3 is 2.97 bits per heavy atom. The molecule has 0 spiro atoms. The van der Waals surface area contributed by atoms with Gasteiger partial charge in [-0.15, -0.1) is 0 Å². The number of nitrogens with zero attached hydrogens (tertiary/aromatic N) is 4. The number of carbonyl (C=O) groups is 1. The number of amides is 1. The van der Waals surface area contributed by atoms with Crippen LogP contribution in [-0.2, 0) is 4.74 Å². The number of alkyl carbamates (subject to hydrolysis) is 1. The lowest BCUT2D eigenvalue weighted by molar-refractivity contribution is -0.0532. The summed E-state index contributed by atoms with van der Waals surface area (Å²) < 4.78 is 23.0. The number of aromatic nitrogens is 5. The van der Waals surface area contributed by atoms with Gasteiger partial charge < -0.3 is 15.4 Å². The van der Waals surface area contributed by atoms with Crippen LogP contribution >= 0.6 is 15.9 Å². The third-order valence-electron chi connectivity index (χ3n) is 6.80. The van der Waals surface area contributed by atoms with Gasteiger partial charge in [0.05, 0.1) is 10.7 Å². The normalized spacial score (nSPS) is 31.2. The van der Waals surface area contributed by atoms with Crippen molar-refractivity contribution in [2.75, 3.05) is 5.32 Å². The number of hydrogen-bond donors (Lipinski definition) is 3. The standard InChI is InChI=1S/C20H21BrFN7O2/c21-12-9-24-29-4-3-23-18(17(12)29)25-15-5-13(27-28-15)11-1-2-14(16(11)22)31-19(30)26-20-6-10(7-20)8-20/h3-5,9-11,14,16H,1-2,6-8H2,(H,26,30)(H2,23,25,27,28)/t10?,11-,14-,16-,20?/m1/s1. The Bertz CT molecular complexity index is 1150. The summed E-state index contributed by atoms with van der Waals surface area (Å²) in [6.07, 6.45) is 6.70. The molecule has 3 aromatic rings. The van der Waals surface area contributed by atoms with Crippen molar-refractivity contribution in [2.24, 2.45) is 5.92 Å². The van der Waals surface area contributed by atoms with Crippen molar-refractivity contribution in [2.45, 2.75) is 55.8 Å². The average molecular weight is 490 g/mol. The number of halogens is 2. The van der Waals surface area contributed by atoms with E-state index in [1.54, 1.807) is 29.2 Å². The molecule has 4 fully saturated rings. The van der Waals surface area contributed by atoms with Crippen LogP contribution in [0.25, 0.3) is 5.52 Å². The van der Waals surface area contributed by atoms with Crippen LogP contribution in [0.2, 0.25) is 0 Å². The predicted octanol–water partition coefficient (Wildman–Crippen LogP) is 3.82. The summed E-state index contributed by atoms with van der Waals surface area (Å²) in [4.78, 5) is 16.5. The van der Waals surface area contributed by atoms with Gasteiger partial charge in [-0.05, 0) is 54.0 Å². The minimum absolute atomic E-state index is 0.0725. The fraction of sp³-hybridized carbons (Fsp3) is 0.500. The lowest BCUT2D eigenvalue weighted by Gasteiger charge is -2.61. The molecular weight excluding hydrogens is 469 g/mol. The Labute approximate surface area is 185 Å². The number of fused-ring (bicyclic) bond motifs is 1. The van der Waals surface area contributed by atoms with Crippen LogP contribution in [0.4, 0.5) is 20.8 Å². The van der Waals surface area contributed by atoms with Gasteiger partial charge in [-0.1, -0.05) is 0 Å². The van der Waals surface area contributed by atoms with E-state index in [1.807, 2.05) is 0 Å². The Balaban J connectivity index is 1.12. The Kier molecular flexibility index (Phi) is 4.24. The van der Waals surface area contributed by atoms with Crippen LogP contribution in [-0.4, -0.2) is 48.7 Å². The van der Waals surface area contributed by atoms with Gasteiger partial charge in [-0.3, -0.25) is 5.10 Å². The van der Waals surface area contributed by atoms with Crippen molar-refractivity contribution in [1.29, 1.82) is 0 Å². The number of carbonyl (C=O) groups excluding carboxylic acids is 1. The molecule has 31 heavy (non-hydrogen) atoms. The minimum atomic E-state index is -1.28. The number of alkyl halides is 1. The Morgan fingerprint density at radius 2 is 2.19 bits per heavy atom. The van der Waals surface area contributed by atoms with Crippen LogP contribution in [0, 0.1) is 5.92 Å². The number of nitrogens with one attached hydrogen (secondary N) is 3. The van der Waals surface area contributed by atoms with Crippen LogP contribution in [0.1, 0.15) is 43.7 Å². The highest BCUT2D eigenvalue weighted by Gasteiger charge is 2.58. The SMILES string of the molecule is O=C(NC12CC(C1)C2)O[C@@H]1CC[C@H](c2cc(Nc3nccn4ncc(Br)c34)n[nH]2)[C@H]1F. The van der Waals surface area contributed by atoms with E-state index in [2.05, 4.69) is 46.8 Å². The molecule has 9 nitrogen and oxygen atoms in total. The second kappa shape index (κ2) is 6.91. The van der Waals surface area contributed by atoms with E-state index in [9.17, 15) is 4.79 Å². The molecule has 0 aromatic carbocycles. The number of hydrogen-bond acceptors (Lipinski definition) is 6. The van der Waals surface area contributed by atoms with Crippen molar-refractivity contribution in [3.05, 3.63) is 34.8 Å². The highest BCUT2D eigenvalue weighted by Crippen LogP contribution is 2.57. The zero-order valence-corrected chi connectivity index (χ0v) is 18.1.